The van der Waals surface area contributed by atoms with Crippen molar-refractivity contribution in [2.75, 3.05) is 105 Å². The minimum Gasteiger partial charge on any atom is -0.748 e. The third-order valence-electron chi connectivity index (χ3n) is 11.0. The quantitative estimate of drug-likeness (QED) is 0.0272. The number of halogens is 1. The fourth-order valence-corrected chi connectivity index (χ4v) is 7.34. The number of likely N-dealkylation sites (N-methyl/N-ethyl adjacent to an activating group) is 2. The van der Waals surface area contributed by atoms with Gasteiger partial charge in [-0.3, -0.25) is 28.8 Å². The second-order valence-corrected chi connectivity index (χ2v) is 23.9. The molecule has 0 spiro atoms. The van der Waals surface area contributed by atoms with Crippen molar-refractivity contribution in [2.45, 2.75) is 109 Å². The molecule has 0 aliphatic rings. The van der Waals surface area contributed by atoms with Gasteiger partial charge in [-0.15, -0.1) is 0 Å². The summed E-state index contributed by atoms with van der Waals surface area (Å²) in [5.74, 6) is -3.02. The van der Waals surface area contributed by atoms with E-state index in [0.717, 1.165) is 0 Å². The fraction of sp³-hybridized carbons (Fsp3) is 0.864. The Bertz CT molecular complexity index is 1810. The Balaban J connectivity index is -0.00000110. The lowest BCUT2D eigenvalue weighted by atomic mass is 9.72. The molecule has 3 N–H and O–H groups in total. The molecule has 2 atom stereocenters. The van der Waals surface area contributed by atoms with E-state index in [2.05, 4.69) is 5.32 Å². The molecular weight excluding hydrogens is 940 g/mol. The summed E-state index contributed by atoms with van der Waals surface area (Å²) in [7, 11) is -1.58. The monoisotopic (exact) mass is 1020 g/mol. The van der Waals surface area contributed by atoms with Crippen LogP contribution < -0.4 is 11.1 Å². The van der Waals surface area contributed by atoms with Crippen LogP contribution in [0.2, 0.25) is 0 Å². The van der Waals surface area contributed by atoms with Gasteiger partial charge >= 0.3 is 23.9 Å². The number of esters is 4. The predicted molar refractivity (Wildman–Crippen MR) is 253 cm³/mol. The number of carbonyl (C=O) groups is 6. The van der Waals surface area contributed by atoms with E-state index in [9.17, 15) is 54.7 Å². The maximum atomic E-state index is 12.8. The van der Waals surface area contributed by atoms with E-state index in [1.165, 1.54) is 0 Å². The van der Waals surface area contributed by atoms with E-state index in [1.54, 1.807) is 97.4 Å². The Hall–Kier alpha value is -2.99. The van der Waals surface area contributed by atoms with Crippen molar-refractivity contribution in [1.29, 1.82) is 0 Å². The topological polar surface area (TPSA) is 292 Å². The molecule has 0 aliphatic carbocycles. The van der Waals surface area contributed by atoms with Crippen molar-refractivity contribution in [1.82, 2.24) is 5.32 Å². The lowest BCUT2D eigenvalue weighted by Crippen LogP contribution is -2.46. The molecule has 67 heavy (non-hydrogen) atoms. The Morgan fingerprint density at radius 3 is 1.16 bits per heavy atom. The smallest absolute Gasteiger partial charge is 0.312 e. The minimum absolute atomic E-state index is 0.0216. The highest BCUT2D eigenvalue weighted by molar-refractivity contribution is 7.85. The molecule has 396 valence electrons. The number of carbonyl (C=O) groups excluding carboxylic acids is 6. The average Bonchev–Trinajstić information content (AvgIpc) is 3.19. The molecule has 0 heterocycles. The first-order chi connectivity index (χ1) is 30.1. The highest BCUT2D eigenvalue weighted by atomic mass is 35.5. The second kappa shape index (κ2) is 29.9. The number of hydrogen-bond donors (Lipinski definition) is 2. The minimum atomic E-state index is -4.31. The number of quaternary nitrogens is 2. The van der Waals surface area contributed by atoms with Crippen LogP contribution in [0.5, 0.6) is 0 Å². The van der Waals surface area contributed by atoms with Gasteiger partial charge in [0, 0.05) is 18.4 Å². The predicted octanol–water partition coefficient (Wildman–Crippen LogP) is 3.19. The van der Waals surface area contributed by atoms with E-state index < -0.39 is 77.3 Å². The van der Waals surface area contributed by atoms with Gasteiger partial charge in [0.1, 0.15) is 59.8 Å². The Kier molecular flexibility index (Phi) is 30.5. The molecule has 2 unspecified atom stereocenters. The summed E-state index contributed by atoms with van der Waals surface area (Å²) in [6, 6.07) is 0. The van der Waals surface area contributed by atoms with Gasteiger partial charge in [0.05, 0.1) is 81.0 Å². The van der Waals surface area contributed by atoms with E-state index in [1.807, 2.05) is 13.8 Å². The van der Waals surface area contributed by atoms with Gasteiger partial charge in [0.2, 0.25) is 11.1 Å². The maximum Gasteiger partial charge on any atom is 0.312 e. The van der Waals surface area contributed by atoms with Crippen molar-refractivity contribution in [3.05, 3.63) is 0 Å². The van der Waals surface area contributed by atoms with Gasteiger partial charge in [-0.05, 0) is 78.8 Å². The van der Waals surface area contributed by atoms with E-state index in [4.69, 9.17) is 36.3 Å². The molecular formula is C44H85ClN4O16S2. The first-order valence-electron chi connectivity index (χ1n) is 22.5. The van der Waals surface area contributed by atoms with Crippen molar-refractivity contribution in [3.63, 3.8) is 0 Å². The van der Waals surface area contributed by atoms with Crippen LogP contribution in [0.15, 0.2) is 0 Å². The molecule has 0 saturated carbocycles. The molecule has 0 aromatic carbocycles. The average molecular weight is 1030 g/mol. The second-order valence-electron chi connectivity index (χ2n) is 20.5. The zero-order valence-corrected chi connectivity index (χ0v) is 45.6. The SMILES string of the molecule is CC(C)C(=O)Cl.CCC(C)(CC(C)(C)C(=O)OCCN)C(=O)OCC[N+](C)(C)CCS(=O)(=O)[O-].CCC(C)(CC(C)(C)C(=O)OCCNC(=O)C(C)C)C(=O)OCC[N+](C)(C)CCS(=O)(=O)[O-]. The van der Waals surface area contributed by atoms with E-state index in [0.29, 0.717) is 25.9 Å². The van der Waals surface area contributed by atoms with Gasteiger partial charge in [-0.1, -0.05) is 41.5 Å². The number of amides is 1. The standard InChI is InChI=1S/C22H42N2O8S.C18H36N2O7S.C4H7ClO/c1-9-22(6,20(27)32-14-11-24(7,8)12-15-33(28,29)30)16-21(4,5)19(26)31-13-10-23-18(25)17(2)3;1-7-18(4,14-17(2,3)15(21)26-11-8-19)16(22)27-12-9-20(5,6)10-13-28(23,24)25;1-3(2)4(5)6/h17H,9-16H2,1-8H3,(H-,23,25,28,29,30);7-14,19H2,1-6H3;3H,1-2H3. The van der Waals surface area contributed by atoms with Crippen LogP contribution in [-0.4, -0.2) is 175 Å². The molecule has 0 rings (SSSR count). The first-order valence-corrected chi connectivity index (χ1v) is 26.0. The maximum absolute atomic E-state index is 12.8. The number of nitrogens with two attached hydrogens (primary N) is 1. The lowest BCUT2D eigenvalue weighted by Gasteiger charge is -2.34. The van der Waals surface area contributed by atoms with Crippen LogP contribution >= 0.6 is 11.6 Å². The summed E-state index contributed by atoms with van der Waals surface area (Å²) in [5, 5.41) is 2.41. The fourth-order valence-electron chi connectivity index (χ4n) is 5.90. The normalized spacial score (nSPS) is 14.2. The molecule has 0 aromatic heterocycles. The van der Waals surface area contributed by atoms with Crippen LogP contribution in [0.1, 0.15) is 109 Å². The van der Waals surface area contributed by atoms with Crippen molar-refractivity contribution >= 4 is 66.9 Å². The summed E-state index contributed by atoms with van der Waals surface area (Å²) in [6.07, 6.45) is 1.39. The lowest BCUT2D eigenvalue weighted by molar-refractivity contribution is -0.888. The van der Waals surface area contributed by atoms with Crippen LogP contribution in [0.3, 0.4) is 0 Å². The molecule has 23 heteroatoms. The molecule has 0 bridgehead atoms. The summed E-state index contributed by atoms with van der Waals surface area (Å²) >= 11 is 4.97. The van der Waals surface area contributed by atoms with Crippen molar-refractivity contribution in [2.24, 2.45) is 39.2 Å². The van der Waals surface area contributed by atoms with Gasteiger partial charge < -0.3 is 48.1 Å². The molecule has 0 fully saturated rings. The zero-order chi connectivity index (χ0) is 53.5. The van der Waals surface area contributed by atoms with Crippen LogP contribution in [0.4, 0.5) is 0 Å². The Morgan fingerprint density at radius 1 is 0.582 bits per heavy atom. The van der Waals surface area contributed by atoms with Crippen LogP contribution in [-0.2, 0) is 68.0 Å². The number of ether oxygens (including phenoxy) is 4. The van der Waals surface area contributed by atoms with Gasteiger partial charge in [0.25, 0.3) is 0 Å². The molecule has 0 aromatic rings. The summed E-state index contributed by atoms with van der Waals surface area (Å²) in [6.45, 7) is 22.8. The van der Waals surface area contributed by atoms with Gasteiger partial charge in [-0.25, -0.2) is 16.8 Å². The Labute approximate surface area is 406 Å². The Morgan fingerprint density at radius 2 is 0.896 bits per heavy atom. The highest BCUT2D eigenvalue weighted by Gasteiger charge is 2.44. The molecule has 20 nitrogen and oxygen atoms in total. The number of hydrogen-bond acceptors (Lipinski definition) is 17. The van der Waals surface area contributed by atoms with Crippen LogP contribution in [0.25, 0.3) is 0 Å². The summed E-state index contributed by atoms with van der Waals surface area (Å²) in [5.41, 5.74) is 1.72. The van der Waals surface area contributed by atoms with Crippen LogP contribution in [0, 0.1) is 33.5 Å². The third kappa shape index (κ3) is 31.7. The molecule has 0 aliphatic heterocycles. The van der Waals surface area contributed by atoms with Crippen molar-refractivity contribution in [3.8, 4) is 0 Å². The number of nitrogens with one attached hydrogen (secondary N) is 1. The molecule has 0 saturated heterocycles. The third-order valence-corrected chi connectivity index (χ3v) is 12.8. The number of rotatable bonds is 29. The van der Waals surface area contributed by atoms with E-state index in [-0.39, 0.29) is 97.4 Å². The largest absolute Gasteiger partial charge is 0.748 e. The van der Waals surface area contributed by atoms with Crippen molar-refractivity contribution < 1.29 is 82.6 Å². The number of nitrogens with zero attached hydrogens (tertiary/aromatic N) is 2. The molecule has 1 amide bonds. The molecule has 0 radical (unpaired) electrons. The highest BCUT2D eigenvalue weighted by Crippen LogP contribution is 2.39. The zero-order valence-electron chi connectivity index (χ0n) is 43.2. The van der Waals surface area contributed by atoms with Gasteiger partial charge in [0.15, 0.2) is 0 Å². The van der Waals surface area contributed by atoms with E-state index >= 15 is 0 Å². The first kappa shape index (κ1) is 68.3. The summed E-state index contributed by atoms with van der Waals surface area (Å²) < 4.78 is 86.7. The van der Waals surface area contributed by atoms with Gasteiger partial charge in [-0.2, -0.15) is 0 Å². The summed E-state index contributed by atoms with van der Waals surface area (Å²) in [4.78, 5) is 71.8.